The Kier molecular flexibility index (Phi) is 4.48. The first-order valence-corrected chi connectivity index (χ1v) is 9.06. The summed E-state index contributed by atoms with van der Waals surface area (Å²) >= 11 is 0. The van der Waals surface area contributed by atoms with Gasteiger partial charge in [0, 0.05) is 30.1 Å². The Labute approximate surface area is 158 Å². The summed E-state index contributed by atoms with van der Waals surface area (Å²) < 4.78 is 10.9. The number of nitrogens with zero attached hydrogens (tertiary/aromatic N) is 2. The van der Waals surface area contributed by atoms with Gasteiger partial charge >= 0.3 is 0 Å². The molecule has 1 N–H and O–H groups in total. The zero-order valence-corrected chi connectivity index (χ0v) is 15.8. The number of aromatic nitrogens is 2. The second-order valence-corrected chi connectivity index (χ2v) is 6.90. The largest absolute Gasteiger partial charge is 0.497 e. The van der Waals surface area contributed by atoms with Crippen LogP contribution in [0.25, 0.3) is 11.0 Å². The van der Waals surface area contributed by atoms with Gasteiger partial charge in [0.1, 0.15) is 17.3 Å². The summed E-state index contributed by atoms with van der Waals surface area (Å²) in [6.07, 6.45) is 0.903. The number of aryl methyl sites for hydroxylation is 1. The van der Waals surface area contributed by atoms with Crippen molar-refractivity contribution < 1.29 is 14.3 Å². The molecule has 140 valence electrons. The van der Waals surface area contributed by atoms with Crippen LogP contribution in [0.2, 0.25) is 0 Å². The highest BCUT2D eigenvalue weighted by Gasteiger charge is 2.30. The molecular formula is C21H23N3O3. The molecule has 0 unspecified atom stereocenters. The highest BCUT2D eigenvalue weighted by atomic mass is 16.5. The number of hydrogen-bond acceptors (Lipinski definition) is 4. The van der Waals surface area contributed by atoms with Crippen LogP contribution in [0.4, 0.5) is 0 Å². The standard InChI is InChI=1S/C21H23N3O3/c1-13-22-18-6-4-14(10-19(18)23-13)21(25)24-9-8-15(12-24)17-11-16(26-2)5-7-20(17)27-3/h4-7,10-11,15H,8-9,12H2,1-3H3,(H,22,23)/t15-/m1/s1. The number of likely N-dealkylation sites (tertiary alicyclic amines) is 1. The van der Waals surface area contributed by atoms with E-state index in [1.54, 1.807) is 14.2 Å². The number of nitrogens with one attached hydrogen (secondary N) is 1. The summed E-state index contributed by atoms with van der Waals surface area (Å²) in [5.74, 6) is 2.77. The molecule has 3 aromatic rings. The number of imidazole rings is 1. The maximum atomic E-state index is 13.0. The number of rotatable bonds is 4. The lowest BCUT2D eigenvalue weighted by atomic mass is 9.97. The summed E-state index contributed by atoms with van der Waals surface area (Å²) in [4.78, 5) is 22.5. The van der Waals surface area contributed by atoms with Crippen LogP contribution in [0.1, 0.15) is 34.1 Å². The second kappa shape index (κ2) is 6.95. The van der Waals surface area contributed by atoms with E-state index in [1.807, 2.05) is 48.2 Å². The molecule has 0 aliphatic carbocycles. The van der Waals surface area contributed by atoms with Crippen LogP contribution in [0, 0.1) is 6.92 Å². The Bertz CT molecular complexity index is 996. The molecule has 0 bridgehead atoms. The van der Waals surface area contributed by atoms with Gasteiger partial charge in [0.25, 0.3) is 5.91 Å². The van der Waals surface area contributed by atoms with Crippen molar-refractivity contribution in [3.8, 4) is 11.5 Å². The van der Waals surface area contributed by atoms with E-state index < -0.39 is 0 Å². The number of methoxy groups -OCH3 is 2. The summed E-state index contributed by atoms with van der Waals surface area (Å²) in [6, 6.07) is 11.5. The van der Waals surface area contributed by atoms with Gasteiger partial charge in [-0.05, 0) is 49.7 Å². The molecule has 1 aliphatic rings. The Morgan fingerprint density at radius 1 is 1.19 bits per heavy atom. The number of benzene rings is 2. The van der Waals surface area contributed by atoms with E-state index in [9.17, 15) is 4.79 Å². The maximum Gasteiger partial charge on any atom is 0.253 e. The number of hydrogen-bond donors (Lipinski definition) is 1. The molecule has 27 heavy (non-hydrogen) atoms. The summed E-state index contributed by atoms with van der Waals surface area (Å²) in [5, 5.41) is 0. The van der Waals surface area contributed by atoms with Crippen molar-refractivity contribution in [3.63, 3.8) is 0 Å². The van der Waals surface area contributed by atoms with Gasteiger partial charge in [-0.1, -0.05) is 0 Å². The fourth-order valence-corrected chi connectivity index (χ4v) is 3.81. The summed E-state index contributed by atoms with van der Waals surface area (Å²) in [6.45, 7) is 3.31. The number of ether oxygens (including phenoxy) is 2. The van der Waals surface area contributed by atoms with Gasteiger partial charge < -0.3 is 19.4 Å². The first-order valence-electron chi connectivity index (χ1n) is 9.06. The summed E-state index contributed by atoms with van der Waals surface area (Å²) in [5.41, 5.74) is 3.55. The molecule has 1 amide bonds. The average molecular weight is 365 g/mol. The molecule has 1 aliphatic heterocycles. The van der Waals surface area contributed by atoms with Crippen LogP contribution in [-0.2, 0) is 0 Å². The summed E-state index contributed by atoms with van der Waals surface area (Å²) in [7, 11) is 3.33. The van der Waals surface area contributed by atoms with E-state index >= 15 is 0 Å². The minimum Gasteiger partial charge on any atom is -0.497 e. The number of carbonyl (C=O) groups is 1. The number of aromatic amines is 1. The van der Waals surface area contributed by atoms with E-state index in [0.717, 1.165) is 46.9 Å². The number of H-pyrrole nitrogens is 1. The normalized spacial score (nSPS) is 16.7. The Morgan fingerprint density at radius 2 is 2.04 bits per heavy atom. The predicted molar refractivity (Wildman–Crippen MR) is 104 cm³/mol. The van der Waals surface area contributed by atoms with Gasteiger partial charge in [-0.15, -0.1) is 0 Å². The highest BCUT2D eigenvalue weighted by Crippen LogP contribution is 2.36. The minimum absolute atomic E-state index is 0.0496. The number of carbonyl (C=O) groups excluding carboxylic acids is 1. The second-order valence-electron chi connectivity index (χ2n) is 6.90. The predicted octanol–water partition coefficient (Wildman–Crippen LogP) is 3.52. The lowest BCUT2D eigenvalue weighted by Crippen LogP contribution is -2.28. The third kappa shape index (κ3) is 3.23. The maximum absolute atomic E-state index is 13.0. The van der Waals surface area contributed by atoms with Crippen LogP contribution in [0.15, 0.2) is 36.4 Å². The van der Waals surface area contributed by atoms with E-state index in [1.165, 1.54) is 0 Å². The Hall–Kier alpha value is -3.02. The Balaban J connectivity index is 1.55. The smallest absolute Gasteiger partial charge is 0.253 e. The molecule has 1 fully saturated rings. The van der Waals surface area contributed by atoms with Gasteiger partial charge in [0.15, 0.2) is 0 Å². The fourth-order valence-electron chi connectivity index (χ4n) is 3.81. The van der Waals surface area contributed by atoms with Gasteiger partial charge in [0.2, 0.25) is 0 Å². The third-order valence-corrected chi connectivity index (χ3v) is 5.20. The monoisotopic (exact) mass is 365 g/mol. The highest BCUT2D eigenvalue weighted by molar-refractivity contribution is 5.97. The topological polar surface area (TPSA) is 67.5 Å². The van der Waals surface area contributed by atoms with Gasteiger partial charge in [-0.25, -0.2) is 4.98 Å². The van der Waals surface area contributed by atoms with Crippen LogP contribution < -0.4 is 9.47 Å². The minimum atomic E-state index is 0.0496. The van der Waals surface area contributed by atoms with Crippen molar-refractivity contribution in [2.24, 2.45) is 0 Å². The zero-order valence-electron chi connectivity index (χ0n) is 15.8. The van der Waals surface area contributed by atoms with Gasteiger partial charge in [0.05, 0.1) is 25.3 Å². The zero-order chi connectivity index (χ0) is 19.0. The molecule has 1 aromatic heterocycles. The van der Waals surface area contributed by atoms with Crippen molar-refractivity contribution in [1.82, 2.24) is 14.9 Å². The molecule has 0 radical (unpaired) electrons. The molecular weight excluding hydrogens is 342 g/mol. The molecule has 6 nitrogen and oxygen atoms in total. The van der Waals surface area contributed by atoms with E-state index in [2.05, 4.69) is 9.97 Å². The van der Waals surface area contributed by atoms with Crippen LogP contribution in [-0.4, -0.2) is 48.1 Å². The SMILES string of the molecule is COc1ccc(OC)c([C@@H]2CCN(C(=O)c3ccc4nc(C)[nH]c4c3)C2)c1. The van der Waals surface area contributed by atoms with Crippen molar-refractivity contribution in [2.45, 2.75) is 19.3 Å². The third-order valence-electron chi connectivity index (χ3n) is 5.20. The van der Waals surface area contributed by atoms with Gasteiger partial charge in [-0.3, -0.25) is 4.79 Å². The van der Waals surface area contributed by atoms with E-state index in [0.29, 0.717) is 12.1 Å². The molecule has 6 heteroatoms. The number of fused-ring (bicyclic) bond motifs is 1. The van der Waals surface area contributed by atoms with Crippen LogP contribution >= 0.6 is 0 Å². The van der Waals surface area contributed by atoms with Crippen molar-refractivity contribution >= 4 is 16.9 Å². The first-order chi connectivity index (χ1) is 13.1. The number of amides is 1. The molecule has 1 atom stereocenters. The molecule has 0 spiro atoms. The van der Waals surface area contributed by atoms with Crippen LogP contribution in [0.3, 0.4) is 0 Å². The van der Waals surface area contributed by atoms with E-state index in [4.69, 9.17) is 9.47 Å². The molecule has 1 saturated heterocycles. The molecule has 0 saturated carbocycles. The molecule has 2 aromatic carbocycles. The fraction of sp³-hybridized carbons (Fsp3) is 0.333. The van der Waals surface area contributed by atoms with Crippen molar-refractivity contribution in [2.75, 3.05) is 27.3 Å². The van der Waals surface area contributed by atoms with E-state index in [-0.39, 0.29) is 11.8 Å². The van der Waals surface area contributed by atoms with Crippen molar-refractivity contribution in [3.05, 3.63) is 53.3 Å². The van der Waals surface area contributed by atoms with Gasteiger partial charge in [-0.2, -0.15) is 0 Å². The van der Waals surface area contributed by atoms with Crippen LogP contribution in [0.5, 0.6) is 11.5 Å². The quantitative estimate of drug-likeness (QED) is 0.768. The first kappa shape index (κ1) is 17.4. The molecule has 4 rings (SSSR count). The van der Waals surface area contributed by atoms with Crippen molar-refractivity contribution in [1.29, 1.82) is 0 Å². The lowest BCUT2D eigenvalue weighted by Gasteiger charge is -2.18. The Morgan fingerprint density at radius 3 is 2.81 bits per heavy atom. The average Bonchev–Trinajstić information content (AvgIpc) is 3.32. The lowest BCUT2D eigenvalue weighted by molar-refractivity contribution is 0.0791. The molecule has 2 heterocycles.